The average molecular weight is 200 g/mol. The molecule has 0 saturated carbocycles. The minimum Gasteiger partial charge on any atom is -0.479 e. The first-order valence-corrected chi connectivity index (χ1v) is 4.29. The normalized spacial score (nSPS) is 12.7. The Balaban J connectivity index is 2.41. The predicted octanol–water partition coefficient (Wildman–Crippen LogP) is 0.622. The molecule has 1 atom stereocenters. The lowest BCUT2D eigenvalue weighted by molar-refractivity contribution is -0.150. The number of carboxylic acids is 1. The van der Waals surface area contributed by atoms with E-state index in [9.17, 15) is 4.79 Å². The van der Waals surface area contributed by atoms with Crippen molar-refractivity contribution in [3.05, 3.63) is 11.8 Å². The minimum atomic E-state index is -1.01. The lowest BCUT2D eigenvalue weighted by Gasteiger charge is -2.04. The summed E-state index contributed by atoms with van der Waals surface area (Å²) in [6.45, 7) is 3.36. The van der Waals surface area contributed by atoms with E-state index in [1.165, 1.54) is 6.92 Å². The smallest absolute Gasteiger partial charge is 0.332 e. The molecule has 0 saturated heterocycles. The van der Waals surface area contributed by atoms with E-state index in [4.69, 9.17) is 14.3 Å². The highest BCUT2D eigenvalue weighted by Crippen LogP contribution is 2.03. The van der Waals surface area contributed by atoms with Gasteiger partial charge in [0.05, 0.1) is 0 Å². The molecule has 0 radical (unpaired) electrons. The third-order valence-electron chi connectivity index (χ3n) is 1.62. The Morgan fingerprint density at radius 2 is 2.21 bits per heavy atom. The van der Waals surface area contributed by atoms with Crippen LogP contribution in [0.3, 0.4) is 0 Å². The number of carbonyl (C=O) groups is 1. The molecule has 0 fully saturated rings. The predicted molar refractivity (Wildman–Crippen MR) is 45.6 cm³/mol. The van der Waals surface area contributed by atoms with Crippen molar-refractivity contribution < 1.29 is 19.1 Å². The van der Waals surface area contributed by atoms with Crippen LogP contribution in [0.2, 0.25) is 0 Å². The van der Waals surface area contributed by atoms with Crippen molar-refractivity contribution in [1.29, 1.82) is 0 Å². The quantitative estimate of drug-likeness (QED) is 0.749. The molecule has 0 aromatic carbocycles. The molecule has 6 heteroatoms. The van der Waals surface area contributed by atoms with Gasteiger partial charge in [0.2, 0.25) is 11.8 Å². The molecule has 0 aliphatic carbocycles. The monoisotopic (exact) mass is 200 g/mol. The zero-order chi connectivity index (χ0) is 10.6. The van der Waals surface area contributed by atoms with Crippen LogP contribution in [0.4, 0.5) is 0 Å². The van der Waals surface area contributed by atoms with Crippen LogP contribution in [-0.2, 0) is 22.6 Å². The number of aromatic nitrogens is 2. The van der Waals surface area contributed by atoms with E-state index in [1.54, 1.807) is 0 Å². The highest BCUT2D eigenvalue weighted by atomic mass is 16.5. The van der Waals surface area contributed by atoms with Crippen LogP contribution in [0.25, 0.3) is 0 Å². The molecule has 0 aliphatic heterocycles. The van der Waals surface area contributed by atoms with Gasteiger partial charge >= 0.3 is 5.97 Å². The van der Waals surface area contributed by atoms with E-state index in [0.29, 0.717) is 18.2 Å². The van der Waals surface area contributed by atoms with Gasteiger partial charge in [0.25, 0.3) is 0 Å². The van der Waals surface area contributed by atoms with Gasteiger partial charge in [0, 0.05) is 6.42 Å². The Kier molecular flexibility index (Phi) is 3.58. The molecular formula is C8H12N2O4. The zero-order valence-electron chi connectivity index (χ0n) is 8.06. The summed E-state index contributed by atoms with van der Waals surface area (Å²) in [6.07, 6.45) is -0.214. The molecule has 1 aromatic rings. The van der Waals surface area contributed by atoms with Gasteiger partial charge in [-0.3, -0.25) is 0 Å². The van der Waals surface area contributed by atoms with Crippen LogP contribution in [0.5, 0.6) is 0 Å². The molecule has 14 heavy (non-hydrogen) atoms. The topological polar surface area (TPSA) is 85.5 Å². The molecule has 1 N–H and O–H groups in total. The summed E-state index contributed by atoms with van der Waals surface area (Å²) in [6, 6.07) is 0. The number of hydrogen-bond acceptors (Lipinski definition) is 5. The van der Waals surface area contributed by atoms with Gasteiger partial charge in [-0.25, -0.2) is 4.79 Å². The van der Waals surface area contributed by atoms with Crippen LogP contribution >= 0.6 is 0 Å². The maximum atomic E-state index is 10.4. The number of carboxylic acid groups (broad SMARTS) is 1. The Morgan fingerprint density at radius 3 is 2.71 bits per heavy atom. The fraction of sp³-hybridized carbons (Fsp3) is 0.625. The highest BCUT2D eigenvalue weighted by molar-refractivity contribution is 5.71. The highest BCUT2D eigenvalue weighted by Gasteiger charge is 2.13. The van der Waals surface area contributed by atoms with Crippen molar-refractivity contribution in [1.82, 2.24) is 10.2 Å². The largest absolute Gasteiger partial charge is 0.479 e. The molecule has 6 nitrogen and oxygen atoms in total. The molecule has 0 bridgehead atoms. The number of nitrogens with zero attached hydrogens (tertiary/aromatic N) is 2. The molecule has 1 rings (SSSR count). The summed E-state index contributed by atoms with van der Waals surface area (Å²) in [7, 11) is 0. The number of aryl methyl sites for hydroxylation is 1. The van der Waals surface area contributed by atoms with Crippen LogP contribution in [0, 0.1) is 0 Å². The SMILES string of the molecule is CCc1nnc(COC(C)C(=O)O)o1. The standard InChI is InChI=1S/C8H12N2O4/c1-3-6-9-10-7(14-6)4-13-5(2)8(11)12/h5H,3-4H2,1-2H3,(H,11,12). The van der Waals surface area contributed by atoms with E-state index >= 15 is 0 Å². The van der Waals surface area contributed by atoms with E-state index < -0.39 is 12.1 Å². The van der Waals surface area contributed by atoms with E-state index in [0.717, 1.165) is 0 Å². The number of ether oxygens (including phenoxy) is 1. The Labute approximate surface area is 80.9 Å². The lowest BCUT2D eigenvalue weighted by atomic mass is 10.4. The van der Waals surface area contributed by atoms with Crippen molar-refractivity contribution in [3.63, 3.8) is 0 Å². The fourth-order valence-corrected chi connectivity index (χ4v) is 0.757. The Bertz CT molecular complexity index is 310. The van der Waals surface area contributed by atoms with Crippen molar-refractivity contribution in [2.75, 3.05) is 0 Å². The Morgan fingerprint density at radius 1 is 1.57 bits per heavy atom. The average Bonchev–Trinajstić information content (AvgIpc) is 2.61. The first kappa shape index (κ1) is 10.6. The second-order valence-electron chi connectivity index (χ2n) is 2.73. The van der Waals surface area contributed by atoms with E-state index in [1.807, 2.05) is 6.92 Å². The second kappa shape index (κ2) is 4.71. The van der Waals surface area contributed by atoms with Crippen molar-refractivity contribution in [2.45, 2.75) is 33.0 Å². The van der Waals surface area contributed by atoms with Gasteiger partial charge in [-0.2, -0.15) is 0 Å². The number of rotatable bonds is 5. The number of aliphatic carboxylic acids is 1. The summed E-state index contributed by atoms with van der Waals surface area (Å²) < 4.78 is 10.1. The summed E-state index contributed by atoms with van der Waals surface area (Å²) in [5.41, 5.74) is 0. The zero-order valence-corrected chi connectivity index (χ0v) is 8.06. The third kappa shape index (κ3) is 2.81. The molecule has 78 valence electrons. The summed E-state index contributed by atoms with van der Waals surface area (Å²) >= 11 is 0. The second-order valence-corrected chi connectivity index (χ2v) is 2.73. The third-order valence-corrected chi connectivity index (χ3v) is 1.62. The summed E-state index contributed by atoms with van der Waals surface area (Å²) in [5.74, 6) is -0.193. The van der Waals surface area contributed by atoms with Crippen LogP contribution < -0.4 is 0 Å². The van der Waals surface area contributed by atoms with E-state index in [2.05, 4.69) is 10.2 Å². The molecular weight excluding hydrogens is 188 g/mol. The van der Waals surface area contributed by atoms with Crippen LogP contribution in [0.1, 0.15) is 25.6 Å². The molecule has 1 unspecified atom stereocenters. The van der Waals surface area contributed by atoms with E-state index in [-0.39, 0.29) is 6.61 Å². The number of hydrogen-bond donors (Lipinski definition) is 1. The fourth-order valence-electron chi connectivity index (χ4n) is 0.757. The summed E-state index contributed by atoms with van der Waals surface area (Å²) in [5, 5.41) is 15.9. The Hall–Kier alpha value is -1.43. The van der Waals surface area contributed by atoms with Gasteiger partial charge in [-0.15, -0.1) is 10.2 Å². The molecule has 0 aliphatic rings. The van der Waals surface area contributed by atoms with Gasteiger partial charge in [0.1, 0.15) is 6.61 Å². The van der Waals surface area contributed by atoms with Gasteiger partial charge in [0.15, 0.2) is 6.10 Å². The molecule has 1 heterocycles. The molecule has 0 spiro atoms. The van der Waals surface area contributed by atoms with Gasteiger partial charge < -0.3 is 14.3 Å². The van der Waals surface area contributed by atoms with Gasteiger partial charge in [-0.1, -0.05) is 6.92 Å². The molecule has 0 amide bonds. The van der Waals surface area contributed by atoms with Crippen molar-refractivity contribution >= 4 is 5.97 Å². The maximum Gasteiger partial charge on any atom is 0.332 e. The maximum absolute atomic E-state index is 10.4. The van der Waals surface area contributed by atoms with Crippen molar-refractivity contribution in [3.8, 4) is 0 Å². The minimum absolute atomic E-state index is 0.0282. The first-order valence-electron chi connectivity index (χ1n) is 4.29. The van der Waals surface area contributed by atoms with Gasteiger partial charge in [-0.05, 0) is 6.92 Å². The van der Waals surface area contributed by atoms with Crippen molar-refractivity contribution in [2.24, 2.45) is 0 Å². The van der Waals surface area contributed by atoms with Crippen LogP contribution in [-0.4, -0.2) is 27.4 Å². The molecule has 1 aromatic heterocycles. The van der Waals surface area contributed by atoms with Crippen LogP contribution in [0.15, 0.2) is 4.42 Å². The lowest BCUT2D eigenvalue weighted by Crippen LogP contribution is -2.19. The first-order chi connectivity index (χ1) is 6.63. The summed E-state index contributed by atoms with van der Waals surface area (Å²) in [4.78, 5) is 10.4.